The first-order valence-corrected chi connectivity index (χ1v) is 10.8. The maximum absolute atomic E-state index is 13.1. The second-order valence-corrected chi connectivity index (χ2v) is 8.28. The molecule has 4 rings (SSSR count). The Hall–Kier alpha value is -3.19. The van der Waals surface area contributed by atoms with Gasteiger partial charge >= 0.3 is 0 Å². The molecule has 0 saturated carbocycles. The summed E-state index contributed by atoms with van der Waals surface area (Å²) < 4.78 is 1.84. The summed E-state index contributed by atoms with van der Waals surface area (Å²) in [6.07, 6.45) is 3.34. The Morgan fingerprint density at radius 2 is 2.00 bits per heavy atom. The van der Waals surface area contributed by atoms with Gasteiger partial charge in [0.05, 0.1) is 6.10 Å². The van der Waals surface area contributed by atoms with Crippen LogP contribution in [0.2, 0.25) is 0 Å². The Balaban J connectivity index is 1.57. The van der Waals surface area contributed by atoms with Gasteiger partial charge in [0.25, 0.3) is 5.91 Å². The van der Waals surface area contributed by atoms with E-state index in [1.807, 2.05) is 47.6 Å². The molecule has 7 nitrogen and oxygen atoms in total. The van der Waals surface area contributed by atoms with Crippen molar-refractivity contribution in [3.05, 3.63) is 65.5 Å². The van der Waals surface area contributed by atoms with Gasteiger partial charge in [-0.05, 0) is 43.0 Å². The maximum Gasteiger partial charge on any atom is 0.289 e. The molecule has 2 aromatic carbocycles. The minimum Gasteiger partial charge on any atom is -0.391 e. The molecule has 1 atom stereocenters. The van der Waals surface area contributed by atoms with Gasteiger partial charge in [0.1, 0.15) is 0 Å². The number of allylic oxidation sites excluding steroid dienone is 2. The van der Waals surface area contributed by atoms with Gasteiger partial charge in [0, 0.05) is 26.2 Å². The van der Waals surface area contributed by atoms with Crippen molar-refractivity contribution in [1.29, 1.82) is 0 Å². The Morgan fingerprint density at radius 3 is 2.81 bits per heavy atom. The molecule has 7 heteroatoms. The first-order chi connectivity index (χ1) is 15.0. The number of hydrogen-bond acceptors (Lipinski definition) is 5. The summed E-state index contributed by atoms with van der Waals surface area (Å²) in [7, 11) is 0. The van der Waals surface area contributed by atoms with Gasteiger partial charge in [-0.1, -0.05) is 54.1 Å². The fraction of sp³-hybridized carbons (Fsp3) is 0.375. The van der Waals surface area contributed by atoms with Crippen LogP contribution in [0.4, 0.5) is 5.95 Å². The van der Waals surface area contributed by atoms with Gasteiger partial charge in [-0.15, -0.1) is 10.2 Å². The van der Waals surface area contributed by atoms with E-state index in [9.17, 15) is 9.90 Å². The van der Waals surface area contributed by atoms with Crippen LogP contribution in [0.3, 0.4) is 0 Å². The van der Waals surface area contributed by atoms with Crippen molar-refractivity contribution >= 4 is 22.6 Å². The smallest absolute Gasteiger partial charge is 0.289 e. The van der Waals surface area contributed by atoms with Crippen molar-refractivity contribution in [2.45, 2.75) is 45.9 Å². The van der Waals surface area contributed by atoms with Gasteiger partial charge in [0.2, 0.25) is 11.8 Å². The fourth-order valence-electron chi connectivity index (χ4n) is 3.98. The van der Waals surface area contributed by atoms with E-state index in [1.54, 1.807) is 0 Å². The third-order valence-corrected chi connectivity index (χ3v) is 5.62. The molecule has 0 bridgehead atoms. The Bertz CT molecular complexity index is 1100. The quantitative estimate of drug-likeness (QED) is 0.599. The molecule has 0 radical (unpaired) electrons. The van der Waals surface area contributed by atoms with Gasteiger partial charge in [0.15, 0.2) is 0 Å². The van der Waals surface area contributed by atoms with Crippen LogP contribution in [0.1, 0.15) is 42.9 Å². The fourth-order valence-corrected chi connectivity index (χ4v) is 3.98. The molecule has 2 N–H and O–H groups in total. The van der Waals surface area contributed by atoms with E-state index in [-0.39, 0.29) is 17.8 Å². The third kappa shape index (κ3) is 4.77. The van der Waals surface area contributed by atoms with E-state index >= 15 is 0 Å². The number of benzene rings is 2. The number of aliphatic hydroxyl groups excluding tert-OH is 1. The number of piperidine rings is 1. The average molecular weight is 420 g/mol. The van der Waals surface area contributed by atoms with Crippen molar-refractivity contribution in [2.75, 3.05) is 18.0 Å². The molecule has 3 aromatic rings. The lowest BCUT2D eigenvalue weighted by Crippen LogP contribution is -2.40. The molecule has 1 aliphatic heterocycles. The molecule has 31 heavy (non-hydrogen) atoms. The summed E-state index contributed by atoms with van der Waals surface area (Å²) >= 11 is 0. The normalized spacial score (nSPS) is 16.4. The third-order valence-electron chi connectivity index (χ3n) is 5.62. The minimum absolute atomic E-state index is 0.258. The van der Waals surface area contributed by atoms with Crippen LogP contribution in [-0.2, 0) is 13.1 Å². The number of rotatable bonds is 6. The summed E-state index contributed by atoms with van der Waals surface area (Å²) in [5.41, 5.74) is 2.21. The van der Waals surface area contributed by atoms with E-state index in [1.165, 1.54) is 0 Å². The summed E-state index contributed by atoms with van der Waals surface area (Å²) in [6.45, 7) is 6.26. The highest BCUT2D eigenvalue weighted by Gasteiger charge is 2.25. The zero-order valence-electron chi connectivity index (χ0n) is 18.1. The lowest BCUT2D eigenvalue weighted by Gasteiger charge is -2.30. The lowest BCUT2D eigenvalue weighted by molar-refractivity contribution is 0.0936. The highest BCUT2D eigenvalue weighted by molar-refractivity contribution is 5.92. The number of fused-ring (bicyclic) bond motifs is 1. The molecule has 1 unspecified atom stereocenters. The first-order valence-electron chi connectivity index (χ1n) is 10.8. The number of amides is 1. The predicted octanol–water partition coefficient (Wildman–Crippen LogP) is 3.29. The molecule has 1 aromatic heterocycles. The van der Waals surface area contributed by atoms with Crippen molar-refractivity contribution in [3.63, 3.8) is 0 Å². The number of aliphatic hydroxyl groups is 1. The number of β-amino-alcohol motifs (C(OH)–C–C–N with tert-alkyl or cyclic N) is 1. The standard InChI is InChI=1S/C24H29N5O2/c1-17(2)12-14-29-22(26-27-24(29)28-13-6-10-20(30)16-28)23(31)25-15-19-9-5-8-18-7-3-4-11-21(18)19/h3-5,7-9,11-12,20,30H,6,10,13-16H2,1-2H3,(H,25,31). The van der Waals surface area contributed by atoms with E-state index in [0.717, 1.165) is 41.3 Å². The molecule has 2 heterocycles. The van der Waals surface area contributed by atoms with Gasteiger partial charge in [-0.25, -0.2) is 0 Å². The Kier molecular flexibility index (Phi) is 6.32. The van der Waals surface area contributed by atoms with Crippen LogP contribution in [0.5, 0.6) is 0 Å². The van der Waals surface area contributed by atoms with Gasteiger partial charge < -0.3 is 15.3 Å². The summed E-state index contributed by atoms with van der Waals surface area (Å²) in [6, 6.07) is 14.2. The van der Waals surface area contributed by atoms with Crippen molar-refractivity contribution in [3.8, 4) is 0 Å². The monoisotopic (exact) mass is 419 g/mol. The van der Waals surface area contributed by atoms with Gasteiger partial charge in [-0.3, -0.25) is 9.36 Å². The van der Waals surface area contributed by atoms with Crippen LogP contribution in [-0.4, -0.2) is 45.0 Å². The number of nitrogens with one attached hydrogen (secondary N) is 1. The largest absolute Gasteiger partial charge is 0.391 e. The molecule has 1 fully saturated rings. The summed E-state index contributed by atoms with van der Waals surface area (Å²) in [5, 5.41) is 23.9. The molecule has 162 valence electrons. The molecule has 1 amide bonds. The van der Waals surface area contributed by atoms with Gasteiger partial charge in [-0.2, -0.15) is 0 Å². The summed E-state index contributed by atoms with van der Waals surface area (Å²) in [4.78, 5) is 15.1. The van der Waals surface area contributed by atoms with E-state index in [4.69, 9.17) is 0 Å². The average Bonchev–Trinajstić information content (AvgIpc) is 3.20. The topological polar surface area (TPSA) is 83.3 Å². The van der Waals surface area contributed by atoms with E-state index in [2.05, 4.69) is 39.8 Å². The zero-order chi connectivity index (χ0) is 21.8. The highest BCUT2D eigenvalue weighted by Crippen LogP contribution is 2.21. The minimum atomic E-state index is -0.383. The van der Waals surface area contributed by atoms with E-state index < -0.39 is 0 Å². The van der Waals surface area contributed by atoms with Crippen LogP contribution < -0.4 is 10.2 Å². The molecule has 1 saturated heterocycles. The SMILES string of the molecule is CC(C)=CCn1c(C(=O)NCc2cccc3ccccc23)nnc1N1CCCC(O)C1. The Labute approximate surface area is 182 Å². The number of anilines is 1. The van der Waals surface area contributed by atoms with Crippen molar-refractivity contribution < 1.29 is 9.90 Å². The Morgan fingerprint density at radius 1 is 1.19 bits per heavy atom. The van der Waals surface area contributed by atoms with E-state index in [0.29, 0.717) is 25.6 Å². The summed E-state index contributed by atoms with van der Waals surface area (Å²) in [5.74, 6) is 0.658. The van der Waals surface area contributed by atoms with Crippen LogP contribution >= 0.6 is 0 Å². The zero-order valence-corrected chi connectivity index (χ0v) is 18.1. The second kappa shape index (κ2) is 9.31. The second-order valence-electron chi connectivity index (χ2n) is 8.28. The van der Waals surface area contributed by atoms with Crippen molar-refractivity contribution in [1.82, 2.24) is 20.1 Å². The number of hydrogen-bond donors (Lipinski definition) is 2. The van der Waals surface area contributed by atoms with Crippen LogP contribution in [0.15, 0.2) is 54.1 Å². The maximum atomic E-state index is 13.1. The van der Waals surface area contributed by atoms with Crippen LogP contribution in [0.25, 0.3) is 10.8 Å². The lowest BCUT2D eigenvalue weighted by atomic mass is 10.0. The highest BCUT2D eigenvalue weighted by atomic mass is 16.3. The number of aromatic nitrogens is 3. The molecular formula is C24H29N5O2. The molecule has 1 aliphatic rings. The van der Waals surface area contributed by atoms with Crippen molar-refractivity contribution in [2.24, 2.45) is 0 Å². The molecule has 0 spiro atoms. The number of nitrogens with zero attached hydrogens (tertiary/aromatic N) is 4. The molecular weight excluding hydrogens is 390 g/mol. The number of carbonyl (C=O) groups is 1. The first kappa shape index (κ1) is 21.1. The number of carbonyl (C=O) groups excluding carboxylic acids is 1. The predicted molar refractivity (Wildman–Crippen MR) is 122 cm³/mol. The molecule has 0 aliphatic carbocycles. The van der Waals surface area contributed by atoms with Crippen LogP contribution in [0, 0.1) is 0 Å².